The normalized spacial score (nSPS) is 18.8. The molecule has 214 valence electrons. The van der Waals surface area contributed by atoms with E-state index in [0.29, 0.717) is 6.20 Å². The Hall–Kier alpha value is -2.96. The number of nitrogens with one attached hydrogen (secondary N) is 2. The Morgan fingerprint density at radius 2 is 1.67 bits per heavy atom. The average molecular weight is 598 g/mol. The van der Waals surface area contributed by atoms with Crippen LogP contribution < -0.4 is 26.4 Å². The lowest BCUT2D eigenvalue weighted by molar-refractivity contribution is -0.275. The third kappa shape index (κ3) is 6.79. The number of dihydropyridines is 1. The number of anilines is 1. The van der Waals surface area contributed by atoms with Crippen LogP contribution in [0.15, 0.2) is 70.9 Å². The van der Waals surface area contributed by atoms with Gasteiger partial charge >= 0.3 is 12.5 Å². The molecule has 1 aliphatic heterocycles. The largest absolute Gasteiger partial charge is 0.573 e. The Morgan fingerprint density at radius 1 is 1.05 bits per heavy atom. The average Bonchev–Trinajstić information content (AvgIpc) is 2.76. The highest BCUT2D eigenvalue weighted by atomic mass is 32.2. The molecule has 4 N–H and O–H groups in total. The molecule has 0 amide bonds. The number of hydrogen-bond acceptors (Lipinski definition) is 7. The molecule has 0 saturated carbocycles. The van der Waals surface area contributed by atoms with Crippen molar-refractivity contribution in [2.45, 2.75) is 42.2 Å². The number of sulfone groups is 1. The van der Waals surface area contributed by atoms with Gasteiger partial charge in [-0.2, -0.15) is 13.2 Å². The van der Waals surface area contributed by atoms with Crippen molar-refractivity contribution in [3.63, 3.8) is 0 Å². The van der Waals surface area contributed by atoms with E-state index in [1.165, 1.54) is 57.5 Å². The molecular weight excluding hydrogens is 571 g/mol. The maximum Gasteiger partial charge on any atom is 0.573 e. The Bertz CT molecular complexity index is 1480. The summed E-state index contributed by atoms with van der Waals surface area (Å²) in [5.41, 5.74) is 1.48. The number of nitrogens with two attached hydrogens (primary N) is 1. The van der Waals surface area contributed by atoms with Gasteiger partial charge in [-0.3, -0.25) is 0 Å². The molecule has 0 spiro atoms. The first-order valence-corrected chi connectivity index (χ1v) is 15.4. The van der Waals surface area contributed by atoms with E-state index in [4.69, 9.17) is 5.73 Å². The number of hydrogen-bond donors (Lipinski definition) is 3. The van der Waals surface area contributed by atoms with Crippen molar-refractivity contribution < 1.29 is 44.1 Å². The van der Waals surface area contributed by atoms with Crippen molar-refractivity contribution in [1.29, 1.82) is 0 Å². The molecule has 2 aromatic carbocycles. The van der Waals surface area contributed by atoms with Crippen LogP contribution in [0.1, 0.15) is 19.4 Å². The summed E-state index contributed by atoms with van der Waals surface area (Å²) in [4.78, 5) is -0.282. The zero-order valence-electron chi connectivity index (χ0n) is 21.1. The lowest BCUT2D eigenvalue weighted by Gasteiger charge is -2.35. The van der Waals surface area contributed by atoms with Crippen LogP contribution in [0.4, 0.5) is 32.0 Å². The van der Waals surface area contributed by atoms with E-state index in [1.54, 1.807) is 0 Å². The molecule has 0 aromatic heterocycles. The Balaban J connectivity index is 2.22. The van der Waals surface area contributed by atoms with Crippen LogP contribution in [0.5, 0.6) is 5.75 Å². The smallest absolute Gasteiger partial charge is 0.405 e. The van der Waals surface area contributed by atoms with E-state index in [9.17, 15) is 39.3 Å². The quantitative estimate of drug-likeness (QED) is 0.298. The van der Waals surface area contributed by atoms with Gasteiger partial charge in [0, 0.05) is 17.1 Å². The zero-order valence-corrected chi connectivity index (χ0v) is 22.8. The van der Waals surface area contributed by atoms with Crippen LogP contribution in [0.25, 0.3) is 0 Å². The van der Waals surface area contributed by atoms with Crippen LogP contribution >= 0.6 is 7.14 Å². The second-order valence-corrected chi connectivity index (χ2v) is 15.1. The third-order valence-electron chi connectivity index (χ3n) is 5.76. The Morgan fingerprint density at radius 3 is 2.21 bits per heavy atom. The van der Waals surface area contributed by atoms with Gasteiger partial charge in [-0.25, -0.2) is 8.42 Å². The summed E-state index contributed by atoms with van der Waals surface area (Å²) in [6, 6.07) is 8.44. The van der Waals surface area contributed by atoms with Gasteiger partial charge in [0.05, 0.1) is 27.1 Å². The first-order valence-electron chi connectivity index (χ1n) is 11.3. The van der Waals surface area contributed by atoms with Crippen LogP contribution in [0.3, 0.4) is 0 Å². The maximum atomic E-state index is 13.9. The maximum absolute atomic E-state index is 13.9. The van der Waals surface area contributed by atoms with Crippen molar-refractivity contribution in [2.75, 3.05) is 18.6 Å². The highest BCUT2D eigenvalue weighted by molar-refractivity contribution is 7.92. The number of rotatable bonds is 7. The second kappa shape index (κ2) is 10.2. The standard InChI is InChI=1S/C24H26F6N3O4PS/c1-14(2)39(35,36)21-8-6-5-7-18(21)33-19-12-22(31,32-13-17(19)23(25,26)27)16-10-9-15(38(3,4)34)11-20(16)37-24(28,29)30/h5-14,32-33H,31H2,1-4H3. The van der Waals surface area contributed by atoms with Crippen molar-refractivity contribution in [2.24, 2.45) is 5.73 Å². The van der Waals surface area contributed by atoms with E-state index in [0.717, 1.165) is 18.2 Å². The van der Waals surface area contributed by atoms with Gasteiger partial charge in [0.2, 0.25) is 0 Å². The minimum Gasteiger partial charge on any atom is -0.405 e. The van der Waals surface area contributed by atoms with Crippen LogP contribution in [-0.2, 0) is 20.1 Å². The molecular formula is C24H26F6N3O4PS. The number of ether oxygens (including phenoxy) is 1. The highest BCUT2D eigenvalue weighted by Gasteiger charge is 2.43. The fourth-order valence-corrected chi connectivity index (χ4v) is 5.79. The molecule has 0 saturated heterocycles. The molecule has 0 fully saturated rings. The van der Waals surface area contributed by atoms with E-state index in [2.05, 4.69) is 15.4 Å². The number of halogens is 6. The van der Waals surface area contributed by atoms with Gasteiger partial charge in [-0.15, -0.1) is 13.2 Å². The van der Waals surface area contributed by atoms with E-state index in [1.807, 2.05) is 0 Å². The molecule has 0 aliphatic carbocycles. The molecule has 3 rings (SSSR count). The van der Waals surface area contributed by atoms with Crippen molar-refractivity contribution in [3.05, 3.63) is 71.6 Å². The molecule has 1 atom stereocenters. The molecule has 1 unspecified atom stereocenters. The van der Waals surface area contributed by atoms with Gasteiger partial charge in [0.25, 0.3) is 0 Å². The number of benzene rings is 2. The fourth-order valence-electron chi connectivity index (χ4n) is 3.72. The summed E-state index contributed by atoms with van der Waals surface area (Å²) in [6.07, 6.45) is -8.92. The van der Waals surface area contributed by atoms with Crippen molar-refractivity contribution in [3.8, 4) is 5.75 Å². The monoisotopic (exact) mass is 597 g/mol. The predicted molar refractivity (Wildman–Crippen MR) is 136 cm³/mol. The molecule has 0 bridgehead atoms. The van der Waals surface area contributed by atoms with E-state index in [-0.39, 0.29) is 15.9 Å². The summed E-state index contributed by atoms with van der Waals surface area (Å²) in [7, 11) is -7.01. The minimum atomic E-state index is -5.20. The zero-order chi connectivity index (χ0) is 29.6. The summed E-state index contributed by atoms with van der Waals surface area (Å²) < 4.78 is 124. The Labute approximate surface area is 221 Å². The van der Waals surface area contributed by atoms with Crippen LogP contribution in [0, 0.1) is 0 Å². The summed E-state index contributed by atoms with van der Waals surface area (Å²) >= 11 is 0. The lowest BCUT2D eigenvalue weighted by atomic mass is 9.93. The predicted octanol–water partition coefficient (Wildman–Crippen LogP) is 5.17. The molecule has 2 aromatic rings. The third-order valence-corrected chi connectivity index (χ3v) is 9.50. The minimum absolute atomic E-state index is 0.0200. The molecule has 1 heterocycles. The molecule has 39 heavy (non-hydrogen) atoms. The second-order valence-electron chi connectivity index (χ2n) is 9.42. The van der Waals surface area contributed by atoms with E-state index < -0.39 is 63.0 Å². The Kier molecular flexibility index (Phi) is 8.01. The lowest BCUT2D eigenvalue weighted by Crippen LogP contribution is -2.50. The first kappa shape index (κ1) is 30.6. The molecule has 0 radical (unpaired) electrons. The fraction of sp³-hybridized carbons (Fsp3) is 0.333. The molecule has 1 aliphatic rings. The number of allylic oxidation sites excluding steroid dienone is 1. The highest BCUT2D eigenvalue weighted by Crippen LogP contribution is 2.42. The SMILES string of the molecule is CC(C)S(=O)(=O)c1ccccc1NC1=CC(N)(c2ccc(P(C)(C)=O)cc2OC(F)(F)F)NC=C1C(F)(F)F. The van der Waals surface area contributed by atoms with Crippen LogP contribution in [-0.4, -0.2) is 39.5 Å². The van der Waals surface area contributed by atoms with Crippen molar-refractivity contribution >= 4 is 28.0 Å². The molecule has 15 heteroatoms. The van der Waals surface area contributed by atoms with Gasteiger partial charge < -0.3 is 25.7 Å². The topological polar surface area (TPSA) is 111 Å². The van der Waals surface area contributed by atoms with Gasteiger partial charge in [0.1, 0.15) is 18.6 Å². The van der Waals surface area contributed by atoms with Gasteiger partial charge in [0.15, 0.2) is 9.84 Å². The van der Waals surface area contributed by atoms with Crippen LogP contribution in [0.2, 0.25) is 0 Å². The summed E-state index contributed by atoms with van der Waals surface area (Å²) in [5, 5.41) is 3.86. The van der Waals surface area contributed by atoms with Gasteiger partial charge in [-0.05, 0) is 51.5 Å². The summed E-state index contributed by atoms with van der Waals surface area (Å²) in [6.45, 7) is 5.44. The number of para-hydroxylation sites is 1. The van der Waals surface area contributed by atoms with E-state index >= 15 is 0 Å². The van der Waals surface area contributed by atoms with Gasteiger partial charge in [-0.1, -0.05) is 24.3 Å². The summed E-state index contributed by atoms with van der Waals surface area (Å²) in [5.74, 6) is -0.874. The first-order chi connectivity index (χ1) is 17.6. The van der Waals surface area contributed by atoms with Crippen molar-refractivity contribution in [1.82, 2.24) is 5.32 Å². The molecule has 7 nitrogen and oxygen atoms in total. The number of alkyl halides is 6.